The number of carbonyl (C=O) groups is 1. The third kappa shape index (κ3) is 3.08. The SMILES string of the molecule is CCOC(=O)C1=C(C)Nc2nc(SC)nn2[C@@H]1c1ccc(Br)cc1. The van der Waals surface area contributed by atoms with Crippen molar-refractivity contribution < 1.29 is 9.53 Å². The summed E-state index contributed by atoms with van der Waals surface area (Å²) in [6.07, 6.45) is 1.92. The molecule has 0 unspecified atom stereocenters. The zero-order valence-corrected chi connectivity index (χ0v) is 15.9. The van der Waals surface area contributed by atoms with Gasteiger partial charge in [0.25, 0.3) is 0 Å². The summed E-state index contributed by atoms with van der Waals surface area (Å²) in [5.41, 5.74) is 2.22. The second-order valence-corrected chi connectivity index (χ2v) is 6.89. The Labute approximate surface area is 152 Å². The number of halogens is 1. The van der Waals surface area contributed by atoms with Crippen LogP contribution in [0, 0.1) is 0 Å². The molecule has 6 nitrogen and oxygen atoms in total. The molecule has 3 rings (SSSR count). The number of nitrogens with zero attached hydrogens (tertiary/aromatic N) is 3. The summed E-state index contributed by atoms with van der Waals surface area (Å²) in [4.78, 5) is 17.0. The van der Waals surface area contributed by atoms with Gasteiger partial charge in [0.15, 0.2) is 0 Å². The van der Waals surface area contributed by atoms with E-state index in [4.69, 9.17) is 4.74 Å². The van der Waals surface area contributed by atoms with E-state index in [0.717, 1.165) is 15.7 Å². The van der Waals surface area contributed by atoms with E-state index in [2.05, 4.69) is 31.3 Å². The first-order valence-electron chi connectivity index (χ1n) is 7.46. The molecule has 0 saturated heterocycles. The summed E-state index contributed by atoms with van der Waals surface area (Å²) in [5, 5.41) is 8.34. The van der Waals surface area contributed by atoms with Crippen molar-refractivity contribution in [2.24, 2.45) is 0 Å². The van der Waals surface area contributed by atoms with Crippen LogP contribution in [0.1, 0.15) is 25.5 Å². The van der Waals surface area contributed by atoms with Crippen molar-refractivity contribution in [3.63, 3.8) is 0 Å². The van der Waals surface area contributed by atoms with Gasteiger partial charge in [-0.2, -0.15) is 4.98 Å². The van der Waals surface area contributed by atoms with Gasteiger partial charge in [0, 0.05) is 10.2 Å². The lowest BCUT2D eigenvalue weighted by Crippen LogP contribution is -2.29. The summed E-state index contributed by atoms with van der Waals surface area (Å²) in [6.45, 7) is 3.98. The lowest BCUT2D eigenvalue weighted by atomic mass is 9.96. The quantitative estimate of drug-likeness (QED) is 0.615. The molecule has 0 bridgehead atoms. The maximum atomic E-state index is 12.5. The Hall–Kier alpha value is -1.80. The normalized spacial score (nSPS) is 16.6. The van der Waals surface area contributed by atoms with Crippen molar-refractivity contribution in [1.82, 2.24) is 14.8 Å². The first-order valence-corrected chi connectivity index (χ1v) is 9.47. The second kappa shape index (κ2) is 6.98. The largest absolute Gasteiger partial charge is 0.463 e. The van der Waals surface area contributed by atoms with E-state index in [0.29, 0.717) is 23.3 Å². The molecule has 1 atom stereocenters. The molecular formula is C16H17BrN4O2S. The van der Waals surface area contributed by atoms with Crippen LogP contribution in [-0.2, 0) is 9.53 Å². The molecule has 0 fully saturated rings. The van der Waals surface area contributed by atoms with Crippen molar-refractivity contribution in [3.05, 3.63) is 45.6 Å². The van der Waals surface area contributed by atoms with Gasteiger partial charge in [-0.3, -0.25) is 0 Å². The molecule has 126 valence electrons. The van der Waals surface area contributed by atoms with Crippen LogP contribution in [0.4, 0.5) is 5.95 Å². The highest BCUT2D eigenvalue weighted by Gasteiger charge is 2.34. The van der Waals surface area contributed by atoms with Crippen molar-refractivity contribution in [2.45, 2.75) is 25.0 Å². The molecule has 2 heterocycles. The number of anilines is 1. The molecule has 24 heavy (non-hydrogen) atoms. The maximum absolute atomic E-state index is 12.5. The van der Waals surface area contributed by atoms with E-state index < -0.39 is 0 Å². The molecule has 0 amide bonds. The molecule has 1 aliphatic heterocycles. The standard InChI is InChI=1S/C16H17BrN4O2S/c1-4-23-14(22)12-9(2)18-15-19-16(24-3)20-21(15)13(12)10-5-7-11(17)8-6-10/h5-8,13H,4H2,1-3H3,(H,18,19,20)/t13-/m1/s1. The highest BCUT2D eigenvalue weighted by atomic mass is 79.9. The van der Waals surface area contributed by atoms with E-state index in [9.17, 15) is 4.79 Å². The van der Waals surface area contributed by atoms with E-state index >= 15 is 0 Å². The number of aromatic nitrogens is 3. The summed E-state index contributed by atoms with van der Waals surface area (Å²) in [6, 6.07) is 7.46. The fourth-order valence-corrected chi connectivity index (χ4v) is 3.26. The summed E-state index contributed by atoms with van der Waals surface area (Å²) in [7, 11) is 0. The Bertz CT molecular complexity index is 801. The van der Waals surface area contributed by atoms with Gasteiger partial charge in [0.05, 0.1) is 12.2 Å². The summed E-state index contributed by atoms with van der Waals surface area (Å²) >= 11 is 4.90. The van der Waals surface area contributed by atoms with Gasteiger partial charge in [-0.05, 0) is 37.8 Å². The Morgan fingerprint density at radius 2 is 2.12 bits per heavy atom. The van der Waals surface area contributed by atoms with Crippen molar-refractivity contribution >= 4 is 39.6 Å². The Kier molecular flexibility index (Phi) is 4.96. The molecule has 0 aliphatic carbocycles. The number of carbonyl (C=O) groups excluding carboxylic acids is 1. The van der Waals surface area contributed by atoms with Crippen LogP contribution >= 0.6 is 27.7 Å². The molecule has 0 spiro atoms. The lowest BCUT2D eigenvalue weighted by molar-refractivity contribution is -0.139. The van der Waals surface area contributed by atoms with Crippen LogP contribution in [0.25, 0.3) is 0 Å². The molecule has 1 aliphatic rings. The fourth-order valence-electron chi connectivity index (χ4n) is 2.64. The van der Waals surface area contributed by atoms with Gasteiger partial charge in [0.2, 0.25) is 11.1 Å². The third-order valence-corrected chi connectivity index (χ3v) is 4.76. The van der Waals surface area contributed by atoms with E-state index in [1.807, 2.05) is 37.4 Å². The van der Waals surface area contributed by atoms with E-state index in [-0.39, 0.29) is 12.0 Å². The fraction of sp³-hybridized carbons (Fsp3) is 0.312. The number of nitrogens with one attached hydrogen (secondary N) is 1. The highest BCUT2D eigenvalue weighted by Crippen LogP contribution is 2.36. The molecule has 8 heteroatoms. The Morgan fingerprint density at radius 3 is 2.75 bits per heavy atom. The van der Waals surface area contributed by atoms with Crippen LogP contribution in [0.3, 0.4) is 0 Å². The summed E-state index contributed by atoms with van der Waals surface area (Å²) < 4.78 is 7.98. The molecule has 1 N–H and O–H groups in total. The molecule has 0 saturated carbocycles. The van der Waals surface area contributed by atoms with Crippen LogP contribution in [-0.4, -0.2) is 33.6 Å². The summed E-state index contributed by atoms with van der Waals surface area (Å²) in [5.74, 6) is 0.278. The monoisotopic (exact) mass is 408 g/mol. The number of esters is 1. The minimum atomic E-state index is -0.373. The van der Waals surface area contributed by atoms with E-state index in [1.54, 1.807) is 11.6 Å². The average Bonchev–Trinajstić information content (AvgIpc) is 2.97. The lowest BCUT2D eigenvalue weighted by Gasteiger charge is -2.28. The number of fused-ring (bicyclic) bond motifs is 1. The first-order chi connectivity index (χ1) is 11.5. The highest BCUT2D eigenvalue weighted by molar-refractivity contribution is 9.10. The topological polar surface area (TPSA) is 69.0 Å². The minimum Gasteiger partial charge on any atom is -0.463 e. The number of thioether (sulfide) groups is 1. The van der Waals surface area contributed by atoms with Crippen LogP contribution < -0.4 is 5.32 Å². The predicted octanol–water partition coefficient (Wildman–Crippen LogP) is 3.61. The Balaban J connectivity index is 2.15. The minimum absolute atomic E-state index is 0.322. The van der Waals surface area contributed by atoms with Gasteiger partial charge >= 0.3 is 5.97 Å². The van der Waals surface area contributed by atoms with Crippen LogP contribution in [0.5, 0.6) is 0 Å². The molecule has 2 aromatic rings. The number of hydrogen-bond donors (Lipinski definition) is 1. The van der Waals surface area contributed by atoms with Crippen molar-refractivity contribution in [3.8, 4) is 0 Å². The zero-order chi connectivity index (χ0) is 17.3. The van der Waals surface area contributed by atoms with Crippen LogP contribution in [0.15, 0.2) is 45.2 Å². The average molecular weight is 409 g/mol. The molecule has 1 aromatic heterocycles. The Morgan fingerprint density at radius 1 is 1.42 bits per heavy atom. The smallest absolute Gasteiger partial charge is 0.338 e. The van der Waals surface area contributed by atoms with Gasteiger partial charge < -0.3 is 10.1 Å². The van der Waals surface area contributed by atoms with Gasteiger partial charge in [-0.25, -0.2) is 9.48 Å². The number of benzene rings is 1. The molecule has 0 radical (unpaired) electrons. The predicted molar refractivity (Wildman–Crippen MR) is 97.0 cm³/mol. The number of allylic oxidation sites excluding steroid dienone is 1. The maximum Gasteiger partial charge on any atom is 0.338 e. The zero-order valence-electron chi connectivity index (χ0n) is 13.5. The second-order valence-electron chi connectivity index (χ2n) is 5.20. The van der Waals surface area contributed by atoms with Gasteiger partial charge in [-0.1, -0.05) is 39.8 Å². The van der Waals surface area contributed by atoms with Gasteiger partial charge in [-0.15, -0.1) is 5.10 Å². The number of ether oxygens (including phenoxy) is 1. The van der Waals surface area contributed by atoms with Gasteiger partial charge in [0.1, 0.15) is 6.04 Å². The van der Waals surface area contributed by atoms with Crippen molar-refractivity contribution in [1.29, 1.82) is 0 Å². The molecular weight excluding hydrogens is 392 g/mol. The number of hydrogen-bond acceptors (Lipinski definition) is 6. The number of rotatable bonds is 4. The third-order valence-electron chi connectivity index (χ3n) is 3.70. The van der Waals surface area contributed by atoms with E-state index in [1.165, 1.54) is 11.8 Å². The first kappa shape index (κ1) is 17.0. The molecule has 1 aromatic carbocycles. The van der Waals surface area contributed by atoms with Crippen molar-refractivity contribution in [2.75, 3.05) is 18.2 Å². The van der Waals surface area contributed by atoms with Crippen LogP contribution in [0.2, 0.25) is 0 Å².